The third-order valence-electron chi connectivity index (χ3n) is 4.70. The fourth-order valence-corrected chi connectivity index (χ4v) is 3.88. The van der Waals surface area contributed by atoms with Crippen molar-refractivity contribution in [2.75, 3.05) is 4.90 Å². The summed E-state index contributed by atoms with van der Waals surface area (Å²) in [5, 5.41) is 21.0. The van der Waals surface area contributed by atoms with Crippen LogP contribution in [0.5, 0.6) is 5.75 Å². The van der Waals surface area contributed by atoms with Crippen molar-refractivity contribution in [2.24, 2.45) is 5.92 Å². The number of phenols is 1. The first-order valence-corrected chi connectivity index (χ1v) is 8.94. The van der Waals surface area contributed by atoms with Gasteiger partial charge >= 0.3 is 0 Å². The normalized spacial score (nSPS) is 19.3. The fraction of sp³-hybridized carbons (Fsp3) is 0.444. The molecule has 0 saturated carbocycles. The SMILES string of the molecule is CC(C)C(O)c1c(Br)ccc(N2C(=O)C3=C(CCCC3)C2=O)c1O. The second kappa shape index (κ2) is 6.33. The summed E-state index contributed by atoms with van der Waals surface area (Å²) in [5.41, 5.74) is 1.57. The predicted molar refractivity (Wildman–Crippen MR) is 93.6 cm³/mol. The number of nitrogens with zero attached hydrogens (tertiary/aromatic N) is 1. The average molecular weight is 394 g/mol. The Labute approximate surface area is 149 Å². The van der Waals surface area contributed by atoms with Crippen LogP contribution in [0, 0.1) is 5.92 Å². The Morgan fingerprint density at radius 1 is 1.08 bits per heavy atom. The predicted octanol–water partition coefficient (Wildman–Crippen LogP) is 3.59. The molecule has 2 N–H and O–H groups in total. The summed E-state index contributed by atoms with van der Waals surface area (Å²) in [6, 6.07) is 3.18. The highest BCUT2D eigenvalue weighted by Crippen LogP contribution is 2.44. The first-order chi connectivity index (χ1) is 11.3. The molecule has 1 aromatic carbocycles. The van der Waals surface area contributed by atoms with E-state index in [-0.39, 0.29) is 29.2 Å². The van der Waals surface area contributed by atoms with Gasteiger partial charge in [0.05, 0.1) is 11.8 Å². The van der Waals surface area contributed by atoms with Gasteiger partial charge in [-0.15, -0.1) is 0 Å². The molecule has 1 atom stereocenters. The summed E-state index contributed by atoms with van der Waals surface area (Å²) in [7, 11) is 0. The van der Waals surface area contributed by atoms with Crippen LogP contribution in [-0.4, -0.2) is 22.0 Å². The van der Waals surface area contributed by atoms with Crippen LogP contribution in [0.2, 0.25) is 0 Å². The smallest absolute Gasteiger partial charge is 0.261 e. The lowest BCUT2D eigenvalue weighted by atomic mass is 9.93. The Morgan fingerprint density at radius 3 is 2.12 bits per heavy atom. The molecule has 0 fully saturated rings. The number of aliphatic hydroxyl groups excluding tert-OH is 1. The second-order valence-electron chi connectivity index (χ2n) is 6.63. The van der Waals surface area contributed by atoms with Gasteiger partial charge < -0.3 is 10.2 Å². The molecule has 1 aliphatic carbocycles. The van der Waals surface area contributed by atoms with Crippen molar-refractivity contribution in [3.8, 4) is 5.75 Å². The monoisotopic (exact) mass is 393 g/mol. The van der Waals surface area contributed by atoms with E-state index in [9.17, 15) is 19.8 Å². The average Bonchev–Trinajstić information content (AvgIpc) is 2.80. The highest BCUT2D eigenvalue weighted by molar-refractivity contribution is 9.10. The van der Waals surface area contributed by atoms with Gasteiger partial charge in [-0.3, -0.25) is 9.59 Å². The molecule has 0 spiro atoms. The van der Waals surface area contributed by atoms with E-state index in [2.05, 4.69) is 15.9 Å². The maximum absolute atomic E-state index is 12.7. The first kappa shape index (κ1) is 17.2. The number of carbonyl (C=O) groups excluding carboxylic acids is 2. The maximum atomic E-state index is 12.7. The van der Waals surface area contributed by atoms with Gasteiger partial charge in [0.2, 0.25) is 0 Å². The van der Waals surface area contributed by atoms with Gasteiger partial charge in [0.25, 0.3) is 11.8 Å². The van der Waals surface area contributed by atoms with Crippen LogP contribution in [0.25, 0.3) is 0 Å². The Balaban J connectivity index is 2.07. The molecule has 0 bridgehead atoms. The van der Waals surface area contributed by atoms with E-state index in [4.69, 9.17) is 0 Å². The van der Waals surface area contributed by atoms with Gasteiger partial charge in [-0.1, -0.05) is 29.8 Å². The van der Waals surface area contributed by atoms with Crippen LogP contribution in [0.4, 0.5) is 5.69 Å². The van der Waals surface area contributed by atoms with Crippen LogP contribution < -0.4 is 4.90 Å². The van der Waals surface area contributed by atoms with E-state index in [0.717, 1.165) is 17.7 Å². The number of aliphatic hydroxyl groups is 1. The Hall–Kier alpha value is -1.66. The van der Waals surface area contributed by atoms with Gasteiger partial charge in [0.1, 0.15) is 5.75 Å². The fourth-order valence-electron chi connectivity index (χ4n) is 3.33. The zero-order chi connectivity index (χ0) is 17.6. The number of anilines is 1. The van der Waals surface area contributed by atoms with Crippen LogP contribution in [-0.2, 0) is 9.59 Å². The third-order valence-corrected chi connectivity index (χ3v) is 5.39. The molecule has 0 saturated heterocycles. The molecular weight excluding hydrogens is 374 g/mol. The minimum atomic E-state index is -0.908. The van der Waals surface area contributed by atoms with Crippen molar-refractivity contribution in [1.82, 2.24) is 0 Å². The van der Waals surface area contributed by atoms with Crippen molar-refractivity contribution in [1.29, 1.82) is 0 Å². The summed E-state index contributed by atoms with van der Waals surface area (Å²) in [5.74, 6) is -1.06. The van der Waals surface area contributed by atoms with Crippen molar-refractivity contribution in [2.45, 2.75) is 45.6 Å². The molecule has 24 heavy (non-hydrogen) atoms. The van der Waals surface area contributed by atoms with E-state index in [1.165, 1.54) is 6.07 Å². The zero-order valence-corrected chi connectivity index (χ0v) is 15.3. The number of carbonyl (C=O) groups is 2. The lowest BCUT2D eigenvalue weighted by Gasteiger charge is -2.23. The molecule has 0 radical (unpaired) electrons. The standard InChI is InChI=1S/C18H20BrNO4/c1-9(2)15(21)14-12(19)7-8-13(16(14)22)20-17(23)10-5-3-4-6-11(10)18(20)24/h7-9,15,21-22H,3-6H2,1-2H3. The molecule has 128 valence electrons. The topological polar surface area (TPSA) is 77.8 Å². The summed E-state index contributed by atoms with van der Waals surface area (Å²) in [6.45, 7) is 3.66. The van der Waals surface area contributed by atoms with Gasteiger partial charge in [-0.05, 0) is 43.7 Å². The number of phenolic OH excluding ortho intramolecular Hbond substituents is 1. The first-order valence-electron chi connectivity index (χ1n) is 8.14. The van der Waals surface area contributed by atoms with Gasteiger partial charge in [-0.25, -0.2) is 4.90 Å². The molecule has 6 heteroatoms. The number of amides is 2. The van der Waals surface area contributed by atoms with E-state index in [0.29, 0.717) is 34.0 Å². The van der Waals surface area contributed by atoms with Crippen LogP contribution >= 0.6 is 15.9 Å². The quantitative estimate of drug-likeness (QED) is 0.769. The molecule has 1 heterocycles. The number of hydrogen-bond acceptors (Lipinski definition) is 4. The number of rotatable bonds is 3. The Kier molecular flexibility index (Phi) is 4.53. The van der Waals surface area contributed by atoms with Gasteiger partial charge in [-0.2, -0.15) is 0 Å². The van der Waals surface area contributed by atoms with Gasteiger partial charge in [0.15, 0.2) is 0 Å². The summed E-state index contributed by atoms with van der Waals surface area (Å²) in [4.78, 5) is 26.4. The van der Waals surface area contributed by atoms with Crippen molar-refractivity contribution >= 4 is 33.4 Å². The maximum Gasteiger partial charge on any atom is 0.261 e. The minimum absolute atomic E-state index is 0.126. The largest absolute Gasteiger partial charge is 0.505 e. The van der Waals surface area contributed by atoms with Crippen LogP contribution in [0.1, 0.15) is 51.2 Å². The van der Waals surface area contributed by atoms with E-state index < -0.39 is 6.10 Å². The molecular formula is C18H20BrNO4. The molecule has 2 amide bonds. The lowest BCUT2D eigenvalue weighted by molar-refractivity contribution is -0.120. The van der Waals surface area contributed by atoms with E-state index in [1.54, 1.807) is 6.07 Å². The molecule has 3 rings (SSSR count). The van der Waals surface area contributed by atoms with Gasteiger partial charge in [0, 0.05) is 21.2 Å². The highest BCUT2D eigenvalue weighted by Gasteiger charge is 2.41. The van der Waals surface area contributed by atoms with Crippen LogP contribution in [0.3, 0.4) is 0 Å². The summed E-state index contributed by atoms with van der Waals surface area (Å²) >= 11 is 3.33. The Morgan fingerprint density at radius 2 is 1.62 bits per heavy atom. The Bertz CT molecular complexity index is 726. The number of halogens is 1. The number of hydrogen-bond donors (Lipinski definition) is 2. The van der Waals surface area contributed by atoms with E-state index >= 15 is 0 Å². The number of benzene rings is 1. The molecule has 5 nitrogen and oxygen atoms in total. The third kappa shape index (κ3) is 2.58. The highest BCUT2D eigenvalue weighted by atomic mass is 79.9. The summed E-state index contributed by atoms with van der Waals surface area (Å²) < 4.78 is 0.543. The molecule has 1 aliphatic heterocycles. The zero-order valence-electron chi connectivity index (χ0n) is 13.7. The molecule has 1 aromatic rings. The molecule has 1 unspecified atom stereocenters. The molecule has 0 aromatic heterocycles. The van der Waals surface area contributed by atoms with Crippen LogP contribution in [0.15, 0.2) is 27.8 Å². The second-order valence-corrected chi connectivity index (χ2v) is 7.48. The van der Waals surface area contributed by atoms with Crippen molar-refractivity contribution < 1.29 is 19.8 Å². The summed E-state index contributed by atoms with van der Waals surface area (Å²) in [6.07, 6.45) is 2.10. The number of aromatic hydroxyl groups is 1. The minimum Gasteiger partial charge on any atom is -0.505 e. The van der Waals surface area contributed by atoms with Crippen molar-refractivity contribution in [3.63, 3.8) is 0 Å². The number of imide groups is 1. The lowest BCUT2D eigenvalue weighted by Crippen LogP contribution is -2.31. The molecule has 2 aliphatic rings. The van der Waals surface area contributed by atoms with E-state index in [1.807, 2.05) is 13.8 Å². The van der Waals surface area contributed by atoms with Crippen molar-refractivity contribution in [3.05, 3.63) is 33.3 Å².